The summed E-state index contributed by atoms with van der Waals surface area (Å²) in [7, 11) is 0. The smallest absolute Gasteiger partial charge is 0.191 e. The molecule has 14 heavy (non-hydrogen) atoms. The Bertz CT molecular complexity index is 338. The molecule has 0 bridgehead atoms. The lowest BCUT2D eigenvalue weighted by molar-refractivity contribution is 0.0643. The summed E-state index contributed by atoms with van der Waals surface area (Å²) in [5, 5.41) is 0. The lowest BCUT2D eigenvalue weighted by Crippen LogP contribution is -2.19. The Morgan fingerprint density at radius 2 is 2.36 bits per heavy atom. The maximum atomic E-state index is 11.9. The van der Waals surface area contributed by atoms with E-state index in [9.17, 15) is 4.79 Å². The lowest BCUT2D eigenvalue weighted by Gasteiger charge is -2.08. The van der Waals surface area contributed by atoms with Crippen LogP contribution in [0.1, 0.15) is 28.8 Å². The van der Waals surface area contributed by atoms with Gasteiger partial charge in [-0.1, -0.05) is 23.8 Å². The third kappa shape index (κ3) is 1.85. The van der Waals surface area contributed by atoms with Crippen molar-refractivity contribution in [2.24, 2.45) is 0 Å². The summed E-state index contributed by atoms with van der Waals surface area (Å²) < 4.78 is 5.36. The van der Waals surface area contributed by atoms with E-state index in [4.69, 9.17) is 4.74 Å². The van der Waals surface area contributed by atoms with Crippen LogP contribution in [0, 0.1) is 6.92 Å². The van der Waals surface area contributed by atoms with Crippen molar-refractivity contribution in [3.05, 3.63) is 35.4 Å². The monoisotopic (exact) mass is 190 g/mol. The van der Waals surface area contributed by atoms with E-state index in [1.165, 1.54) is 0 Å². The normalized spacial score (nSPS) is 21.1. The number of hydrogen-bond donors (Lipinski definition) is 0. The second-order valence-corrected chi connectivity index (χ2v) is 3.74. The van der Waals surface area contributed by atoms with Crippen LogP contribution in [0.4, 0.5) is 0 Å². The standard InChI is InChI=1S/C12H14O2/c1-9-4-2-5-10(8-9)12(13)11-6-3-7-14-11/h2,4-5,8,11H,3,6-7H2,1H3. The highest BCUT2D eigenvalue weighted by Gasteiger charge is 2.24. The van der Waals surface area contributed by atoms with Gasteiger partial charge in [0.25, 0.3) is 0 Å². The van der Waals surface area contributed by atoms with E-state index < -0.39 is 0 Å². The van der Waals surface area contributed by atoms with Crippen molar-refractivity contribution >= 4 is 5.78 Å². The molecular formula is C12H14O2. The summed E-state index contributed by atoms with van der Waals surface area (Å²) in [5.74, 6) is 0.131. The van der Waals surface area contributed by atoms with Crippen LogP contribution in [0.15, 0.2) is 24.3 Å². The van der Waals surface area contributed by atoms with Gasteiger partial charge in [0.1, 0.15) is 6.10 Å². The van der Waals surface area contributed by atoms with Crippen molar-refractivity contribution in [3.63, 3.8) is 0 Å². The highest BCUT2D eigenvalue weighted by molar-refractivity contribution is 5.99. The number of aryl methyl sites for hydroxylation is 1. The van der Waals surface area contributed by atoms with E-state index in [1.54, 1.807) is 0 Å². The minimum Gasteiger partial charge on any atom is -0.370 e. The number of carbonyl (C=O) groups excluding carboxylic acids is 1. The average molecular weight is 190 g/mol. The average Bonchev–Trinajstić information content (AvgIpc) is 2.69. The van der Waals surface area contributed by atoms with Gasteiger partial charge >= 0.3 is 0 Å². The first kappa shape index (κ1) is 9.41. The Morgan fingerprint density at radius 3 is 3.00 bits per heavy atom. The van der Waals surface area contributed by atoms with E-state index in [-0.39, 0.29) is 11.9 Å². The molecule has 0 aliphatic carbocycles. The van der Waals surface area contributed by atoms with Gasteiger partial charge in [0, 0.05) is 12.2 Å². The van der Waals surface area contributed by atoms with Gasteiger partial charge in [-0.05, 0) is 25.8 Å². The van der Waals surface area contributed by atoms with Crippen molar-refractivity contribution < 1.29 is 9.53 Å². The Balaban J connectivity index is 2.17. The first-order chi connectivity index (χ1) is 6.77. The predicted octanol–water partition coefficient (Wildman–Crippen LogP) is 2.36. The predicted molar refractivity (Wildman–Crippen MR) is 54.5 cm³/mol. The first-order valence-electron chi connectivity index (χ1n) is 5.00. The third-order valence-electron chi connectivity index (χ3n) is 2.52. The fraction of sp³-hybridized carbons (Fsp3) is 0.417. The van der Waals surface area contributed by atoms with Crippen LogP contribution in [-0.4, -0.2) is 18.5 Å². The van der Waals surface area contributed by atoms with Crippen molar-refractivity contribution in [1.82, 2.24) is 0 Å². The minimum atomic E-state index is -0.197. The van der Waals surface area contributed by atoms with Crippen LogP contribution in [0.2, 0.25) is 0 Å². The number of hydrogen-bond acceptors (Lipinski definition) is 2. The molecule has 1 aliphatic rings. The van der Waals surface area contributed by atoms with Gasteiger partial charge < -0.3 is 4.74 Å². The fourth-order valence-corrected chi connectivity index (χ4v) is 1.77. The van der Waals surface area contributed by atoms with Crippen molar-refractivity contribution in [3.8, 4) is 0 Å². The van der Waals surface area contributed by atoms with Gasteiger partial charge in [-0.15, -0.1) is 0 Å². The van der Waals surface area contributed by atoms with E-state index in [0.29, 0.717) is 0 Å². The molecule has 1 aliphatic heterocycles. The minimum absolute atomic E-state index is 0.131. The molecule has 1 aromatic rings. The van der Waals surface area contributed by atoms with Gasteiger partial charge in [-0.3, -0.25) is 4.79 Å². The van der Waals surface area contributed by atoms with Gasteiger partial charge in [-0.25, -0.2) is 0 Å². The van der Waals surface area contributed by atoms with Crippen molar-refractivity contribution in [2.75, 3.05) is 6.61 Å². The van der Waals surface area contributed by atoms with Gasteiger partial charge in [0.2, 0.25) is 0 Å². The van der Waals surface area contributed by atoms with Crippen molar-refractivity contribution in [2.45, 2.75) is 25.9 Å². The SMILES string of the molecule is Cc1cccc(C(=O)C2CCCO2)c1. The number of rotatable bonds is 2. The highest BCUT2D eigenvalue weighted by atomic mass is 16.5. The summed E-state index contributed by atoms with van der Waals surface area (Å²) in [6.07, 6.45) is 1.67. The first-order valence-corrected chi connectivity index (χ1v) is 5.00. The lowest BCUT2D eigenvalue weighted by atomic mass is 10.0. The molecule has 1 heterocycles. The molecule has 0 amide bonds. The summed E-state index contributed by atoms with van der Waals surface area (Å²) in [4.78, 5) is 11.9. The molecule has 1 atom stereocenters. The molecule has 0 saturated carbocycles. The maximum absolute atomic E-state index is 11.9. The highest BCUT2D eigenvalue weighted by Crippen LogP contribution is 2.17. The molecule has 0 aromatic heterocycles. The molecule has 74 valence electrons. The molecular weight excluding hydrogens is 176 g/mol. The number of ketones is 1. The number of carbonyl (C=O) groups is 1. The van der Waals surface area contributed by atoms with Crippen LogP contribution in [0.5, 0.6) is 0 Å². The Morgan fingerprint density at radius 1 is 1.50 bits per heavy atom. The second-order valence-electron chi connectivity index (χ2n) is 3.74. The van der Waals surface area contributed by atoms with Crippen LogP contribution in [0.3, 0.4) is 0 Å². The van der Waals surface area contributed by atoms with E-state index in [2.05, 4.69) is 0 Å². The molecule has 0 N–H and O–H groups in total. The fourth-order valence-electron chi connectivity index (χ4n) is 1.77. The van der Waals surface area contributed by atoms with Crippen LogP contribution < -0.4 is 0 Å². The van der Waals surface area contributed by atoms with Crippen LogP contribution in [0.25, 0.3) is 0 Å². The molecule has 2 rings (SSSR count). The quantitative estimate of drug-likeness (QED) is 0.669. The number of Topliss-reactive ketones (excluding diaryl/α,β-unsaturated/α-hetero) is 1. The van der Waals surface area contributed by atoms with Crippen LogP contribution in [-0.2, 0) is 4.74 Å². The Hall–Kier alpha value is -1.15. The molecule has 1 saturated heterocycles. The van der Waals surface area contributed by atoms with E-state index >= 15 is 0 Å². The summed E-state index contributed by atoms with van der Waals surface area (Å²) in [6, 6.07) is 7.69. The molecule has 0 spiro atoms. The van der Waals surface area contributed by atoms with Crippen LogP contribution >= 0.6 is 0 Å². The van der Waals surface area contributed by atoms with Crippen molar-refractivity contribution in [1.29, 1.82) is 0 Å². The second kappa shape index (κ2) is 3.93. The van der Waals surface area contributed by atoms with E-state index in [1.807, 2.05) is 31.2 Å². The largest absolute Gasteiger partial charge is 0.370 e. The molecule has 0 radical (unpaired) electrons. The Kier molecular flexibility index (Phi) is 2.64. The zero-order chi connectivity index (χ0) is 9.97. The molecule has 1 aromatic carbocycles. The number of ether oxygens (including phenoxy) is 1. The number of benzene rings is 1. The molecule has 2 nitrogen and oxygen atoms in total. The van der Waals surface area contributed by atoms with Gasteiger partial charge in [0.05, 0.1) is 0 Å². The summed E-state index contributed by atoms with van der Waals surface area (Å²) >= 11 is 0. The zero-order valence-corrected chi connectivity index (χ0v) is 8.32. The molecule has 2 heteroatoms. The maximum Gasteiger partial charge on any atom is 0.191 e. The third-order valence-corrected chi connectivity index (χ3v) is 2.52. The molecule has 1 unspecified atom stereocenters. The topological polar surface area (TPSA) is 26.3 Å². The van der Waals surface area contributed by atoms with Gasteiger partial charge in [-0.2, -0.15) is 0 Å². The Labute approximate surface area is 83.9 Å². The van der Waals surface area contributed by atoms with Gasteiger partial charge in [0.15, 0.2) is 5.78 Å². The summed E-state index contributed by atoms with van der Waals surface area (Å²) in [5.41, 5.74) is 1.89. The molecule has 1 fully saturated rings. The van der Waals surface area contributed by atoms with E-state index in [0.717, 1.165) is 30.6 Å². The summed E-state index contributed by atoms with van der Waals surface area (Å²) in [6.45, 7) is 2.72. The zero-order valence-electron chi connectivity index (χ0n) is 8.32.